The van der Waals surface area contributed by atoms with Gasteiger partial charge in [0.1, 0.15) is 6.61 Å². The molecule has 0 radical (unpaired) electrons. The first-order chi connectivity index (χ1) is 10.8. The molecule has 0 spiro atoms. The molecule has 1 unspecified atom stereocenters. The maximum absolute atomic E-state index is 5.50. The van der Waals surface area contributed by atoms with Crippen molar-refractivity contribution in [3.05, 3.63) is 23.8 Å². The van der Waals surface area contributed by atoms with Crippen molar-refractivity contribution in [2.75, 3.05) is 26.4 Å². The molecule has 4 heteroatoms. The van der Waals surface area contributed by atoms with Crippen molar-refractivity contribution in [2.45, 2.75) is 52.2 Å². The van der Waals surface area contributed by atoms with Crippen LogP contribution in [0, 0.1) is 0 Å². The van der Waals surface area contributed by atoms with E-state index in [1.807, 2.05) is 19.1 Å². The van der Waals surface area contributed by atoms with Crippen molar-refractivity contribution < 1.29 is 18.9 Å². The van der Waals surface area contributed by atoms with Gasteiger partial charge in [-0.3, -0.25) is 0 Å². The smallest absolute Gasteiger partial charge is 0.161 e. The van der Waals surface area contributed by atoms with Gasteiger partial charge in [0.05, 0.1) is 32.5 Å². The van der Waals surface area contributed by atoms with Gasteiger partial charge in [-0.25, -0.2) is 0 Å². The summed E-state index contributed by atoms with van der Waals surface area (Å²) in [6.45, 7) is 7.96. The molecule has 0 aromatic heterocycles. The van der Waals surface area contributed by atoms with E-state index in [0.717, 1.165) is 31.3 Å². The topological polar surface area (TPSA) is 36.9 Å². The van der Waals surface area contributed by atoms with Crippen LogP contribution in [0.25, 0.3) is 0 Å². The summed E-state index contributed by atoms with van der Waals surface area (Å²) in [6.07, 6.45) is 5.45. The van der Waals surface area contributed by atoms with Gasteiger partial charge in [0, 0.05) is 0 Å². The van der Waals surface area contributed by atoms with Crippen molar-refractivity contribution in [1.29, 1.82) is 0 Å². The van der Waals surface area contributed by atoms with Crippen LogP contribution in [0.3, 0.4) is 0 Å². The van der Waals surface area contributed by atoms with Gasteiger partial charge < -0.3 is 18.9 Å². The highest BCUT2D eigenvalue weighted by Crippen LogP contribution is 2.33. The Labute approximate surface area is 133 Å². The van der Waals surface area contributed by atoms with Crippen molar-refractivity contribution in [3.8, 4) is 11.5 Å². The lowest BCUT2D eigenvalue weighted by atomic mass is 10.1. The van der Waals surface area contributed by atoms with Crippen LogP contribution < -0.4 is 9.47 Å². The van der Waals surface area contributed by atoms with Crippen molar-refractivity contribution in [1.82, 2.24) is 0 Å². The van der Waals surface area contributed by atoms with E-state index in [2.05, 4.69) is 13.0 Å². The van der Waals surface area contributed by atoms with Crippen LogP contribution in [0.5, 0.6) is 11.5 Å². The summed E-state index contributed by atoms with van der Waals surface area (Å²) in [6, 6.07) is 6.04. The molecule has 4 nitrogen and oxygen atoms in total. The number of ether oxygens (including phenoxy) is 4. The first kappa shape index (κ1) is 17.1. The quantitative estimate of drug-likeness (QED) is 0.745. The van der Waals surface area contributed by atoms with E-state index < -0.39 is 0 Å². The summed E-state index contributed by atoms with van der Waals surface area (Å²) in [7, 11) is 0. The van der Waals surface area contributed by atoms with Crippen molar-refractivity contribution in [2.24, 2.45) is 0 Å². The molecule has 0 saturated carbocycles. The molecule has 3 aliphatic rings. The largest absolute Gasteiger partial charge is 0.490 e. The lowest BCUT2D eigenvalue weighted by molar-refractivity contribution is -0.0912. The summed E-state index contributed by atoms with van der Waals surface area (Å²) in [5.41, 5.74) is 1.18. The fourth-order valence-corrected chi connectivity index (χ4v) is 2.52. The fourth-order valence-electron chi connectivity index (χ4n) is 2.52. The van der Waals surface area contributed by atoms with Crippen LogP contribution in [0.1, 0.15) is 45.1 Å². The third kappa shape index (κ3) is 5.50. The van der Waals surface area contributed by atoms with Gasteiger partial charge in [-0.2, -0.15) is 0 Å². The number of hydrogen-bond acceptors (Lipinski definition) is 4. The molecule has 2 bridgehead atoms. The maximum atomic E-state index is 5.50. The number of hydrogen-bond donors (Lipinski definition) is 0. The van der Waals surface area contributed by atoms with Crippen molar-refractivity contribution >= 4 is 0 Å². The lowest BCUT2D eigenvalue weighted by Crippen LogP contribution is -2.28. The van der Waals surface area contributed by atoms with Crippen LogP contribution in [0.15, 0.2) is 18.2 Å². The Hall–Kier alpha value is -1.26. The number of unbranched alkanes of at least 4 members (excludes halogenated alkanes) is 2. The molecule has 4 rings (SSSR count). The van der Waals surface area contributed by atoms with Gasteiger partial charge in [-0.15, -0.1) is 0 Å². The second-order valence-corrected chi connectivity index (χ2v) is 5.57. The van der Waals surface area contributed by atoms with Gasteiger partial charge in [0.15, 0.2) is 11.5 Å². The highest BCUT2D eigenvalue weighted by molar-refractivity contribution is 5.45. The highest BCUT2D eigenvalue weighted by Gasteiger charge is 2.13. The second-order valence-electron chi connectivity index (χ2n) is 5.57. The molecule has 0 amide bonds. The predicted octanol–water partition coefficient (Wildman–Crippen LogP) is 3.96. The predicted molar refractivity (Wildman–Crippen MR) is 86.6 cm³/mol. The minimum Gasteiger partial charge on any atom is -0.490 e. The minimum atomic E-state index is 0.385. The maximum Gasteiger partial charge on any atom is 0.161 e. The van der Waals surface area contributed by atoms with Crippen LogP contribution in [0.4, 0.5) is 0 Å². The fraction of sp³-hybridized carbons (Fsp3) is 0.667. The Kier molecular flexibility index (Phi) is 7.54. The van der Waals surface area contributed by atoms with E-state index in [0.29, 0.717) is 19.3 Å². The zero-order valence-corrected chi connectivity index (χ0v) is 13.8. The van der Waals surface area contributed by atoms with E-state index in [1.54, 1.807) is 0 Å². The monoisotopic (exact) mass is 308 g/mol. The average Bonchev–Trinajstić information content (AvgIpc) is 2.58. The summed E-state index contributed by atoms with van der Waals surface area (Å²) in [5.74, 6) is 1.73. The van der Waals surface area contributed by atoms with Gasteiger partial charge in [0.2, 0.25) is 0 Å². The second kappa shape index (κ2) is 9.70. The number of rotatable bonds is 6. The molecule has 1 saturated heterocycles. The first-order valence-corrected chi connectivity index (χ1v) is 8.41. The molecule has 1 aromatic rings. The van der Waals surface area contributed by atoms with Crippen LogP contribution in [-0.2, 0) is 16.1 Å². The molecule has 3 aliphatic heterocycles. The van der Waals surface area contributed by atoms with E-state index in [4.69, 9.17) is 18.9 Å². The van der Waals surface area contributed by atoms with Crippen LogP contribution in [0.2, 0.25) is 0 Å². The van der Waals surface area contributed by atoms with E-state index >= 15 is 0 Å². The molecular weight excluding hydrogens is 280 g/mol. The van der Waals surface area contributed by atoms with Gasteiger partial charge in [-0.05, 0) is 31.0 Å². The third-order valence-corrected chi connectivity index (χ3v) is 3.72. The Morgan fingerprint density at radius 2 is 2.09 bits per heavy atom. The van der Waals surface area contributed by atoms with Gasteiger partial charge in [0.25, 0.3) is 0 Å². The Balaban J connectivity index is 0.000000160. The van der Waals surface area contributed by atoms with Crippen LogP contribution in [-0.4, -0.2) is 32.5 Å². The summed E-state index contributed by atoms with van der Waals surface area (Å²) < 4.78 is 21.5. The zero-order chi connectivity index (χ0) is 15.6. The highest BCUT2D eigenvalue weighted by atomic mass is 16.6. The first-order valence-electron chi connectivity index (χ1n) is 8.41. The summed E-state index contributed by atoms with van der Waals surface area (Å²) in [4.78, 5) is 0. The van der Waals surface area contributed by atoms with E-state index in [1.165, 1.54) is 31.2 Å². The Morgan fingerprint density at radius 1 is 1.18 bits per heavy atom. The molecule has 1 atom stereocenters. The minimum absolute atomic E-state index is 0.385. The molecular formula is C18H28O4. The van der Waals surface area contributed by atoms with Crippen molar-refractivity contribution in [3.63, 3.8) is 0 Å². The lowest BCUT2D eigenvalue weighted by Gasteiger charge is -2.22. The normalized spacial score (nSPS) is 19.1. The van der Waals surface area contributed by atoms with E-state index in [-0.39, 0.29) is 0 Å². The third-order valence-electron chi connectivity index (χ3n) is 3.72. The standard InChI is InChI=1S/C9H10O2.C9H18O2/c1-2-10-9-5-7-3-4-8(9)11-6-7;1-2-3-4-5-9-8-10-6-7-11-9/h3-5H,2,6H2,1H3;9H,2-8H2,1H3. The zero-order valence-electron chi connectivity index (χ0n) is 13.8. The van der Waals surface area contributed by atoms with Gasteiger partial charge in [-0.1, -0.05) is 32.3 Å². The molecule has 0 aliphatic carbocycles. The average molecular weight is 308 g/mol. The van der Waals surface area contributed by atoms with Gasteiger partial charge >= 0.3 is 0 Å². The van der Waals surface area contributed by atoms with E-state index in [9.17, 15) is 0 Å². The summed E-state index contributed by atoms with van der Waals surface area (Å²) in [5, 5.41) is 0. The molecule has 0 N–H and O–H groups in total. The van der Waals surface area contributed by atoms with Crippen LogP contribution >= 0.6 is 0 Å². The number of benzene rings is 1. The SMILES string of the molecule is CCCCCC1COCCO1.CCOc1cc2ccc1OC2. The molecule has 124 valence electrons. The Morgan fingerprint density at radius 3 is 2.64 bits per heavy atom. The molecule has 22 heavy (non-hydrogen) atoms. The number of fused-ring (bicyclic) bond motifs is 3. The Bertz CT molecular complexity index is 427. The molecule has 1 fully saturated rings. The molecule has 1 aromatic carbocycles. The molecule has 3 heterocycles. The summed E-state index contributed by atoms with van der Waals surface area (Å²) >= 11 is 0.